The van der Waals surface area contributed by atoms with Crippen molar-refractivity contribution in [1.82, 2.24) is 0 Å². The van der Waals surface area contributed by atoms with E-state index in [-0.39, 0.29) is 27.2 Å². The van der Waals surface area contributed by atoms with E-state index in [9.17, 15) is 0 Å². The zero-order chi connectivity index (χ0) is 35.1. The third-order valence-corrected chi connectivity index (χ3v) is 14.0. The van der Waals surface area contributed by atoms with Gasteiger partial charge in [0.2, 0.25) is 0 Å². The average Bonchev–Trinajstić information content (AvgIpc) is 3.20. The van der Waals surface area contributed by atoms with E-state index in [0.29, 0.717) is 0 Å². The second kappa shape index (κ2) is 20.1. The first-order chi connectivity index (χ1) is 25.3. The molecule has 1 saturated carbocycles. The number of rotatable bonds is 10. The first kappa shape index (κ1) is 37.5. The molecule has 1 fully saturated rings. The second-order valence-electron chi connectivity index (χ2n) is 12.2. The van der Waals surface area contributed by atoms with Gasteiger partial charge < -0.3 is 0 Å². The second-order valence-corrected chi connectivity index (χ2v) is 19.2. The Balaban J connectivity index is 0.00000144. The Hall–Kier alpha value is -3.28. The molecule has 7 rings (SSSR count). The third kappa shape index (κ3) is 10.2. The molecule has 7 heteroatoms. The van der Waals surface area contributed by atoms with E-state index in [1.165, 1.54) is 55.8 Å². The van der Waals surface area contributed by atoms with E-state index in [1.807, 2.05) is 0 Å². The molecule has 0 saturated heterocycles. The summed E-state index contributed by atoms with van der Waals surface area (Å²) < 4.78 is 0. The van der Waals surface area contributed by atoms with Crippen LogP contribution in [-0.2, 0) is 15.1 Å². The summed E-state index contributed by atoms with van der Waals surface area (Å²) >= 11 is -0.346. The van der Waals surface area contributed by atoms with Gasteiger partial charge in [0.1, 0.15) is 0 Å². The molecule has 258 valence electrons. The molecular formula is C44H40Cl2N2P2Ru. The Labute approximate surface area is 321 Å². The summed E-state index contributed by atoms with van der Waals surface area (Å²) in [5.74, 6) is 0. The summed E-state index contributed by atoms with van der Waals surface area (Å²) in [4.78, 5) is 10.6. The van der Waals surface area contributed by atoms with Crippen LogP contribution in [-0.4, -0.2) is 24.5 Å². The zero-order valence-corrected chi connectivity index (χ0v) is 33.2. The minimum atomic E-state index is -0.712. The summed E-state index contributed by atoms with van der Waals surface area (Å²) in [5.41, 5.74) is 2.40. The van der Waals surface area contributed by atoms with Crippen molar-refractivity contribution >= 4 is 79.5 Å². The first-order valence-corrected chi connectivity index (χ1v) is 24.3. The molecule has 1 aliphatic carbocycles. The van der Waals surface area contributed by atoms with Gasteiger partial charge >= 0.3 is 34.5 Å². The Morgan fingerprint density at radius 3 is 1.02 bits per heavy atom. The molecule has 0 heterocycles. The van der Waals surface area contributed by atoms with Gasteiger partial charge in [-0.2, -0.15) is 0 Å². The molecule has 0 radical (unpaired) electrons. The predicted octanol–water partition coefficient (Wildman–Crippen LogP) is 9.43. The number of halogens is 2. The van der Waals surface area contributed by atoms with Gasteiger partial charge in [-0.3, -0.25) is 9.98 Å². The molecule has 0 aromatic heterocycles. The van der Waals surface area contributed by atoms with E-state index in [1.54, 1.807) is 0 Å². The van der Waals surface area contributed by atoms with Crippen LogP contribution in [0.2, 0.25) is 0 Å². The molecule has 0 unspecified atom stereocenters. The van der Waals surface area contributed by atoms with Crippen LogP contribution in [0.15, 0.2) is 180 Å². The van der Waals surface area contributed by atoms with Crippen LogP contribution >= 0.6 is 35.2 Å². The van der Waals surface area contributed by atoms with Crippen molar-refractivity contribution in [2.45, 2.75) is 37.8 Å². The van der Waals surface area contributed by atoms with Crippen molar-refractivity contribution in [3.63, 3.8) is 0 Å². The maximum atomic E-state index is 5.31. The molecule has 0 amide bonds. The predicted molar refractivity (Wildman–Crippen MR) is 223 cm³/mol. The first-order valence-electron chi connectivity index (χ1n) is 17.2. The zero-order valence-electron chi connectivity index (χ0n) is 28.2. The van der Waals surface area contributed by atoms with Gasteiger partial charge in [0, 0.05) is 23.6 Å². The monoisotopic (exact) mass is 830 g/mol. The molecule has 51 heavy (non-hydrogen) atoms. The fourth-order valence-corrected chi connectivity index (χ4v) is 11.4. The van der Waals surface area contributed by atoms with E-state index in [0.717, 1.165) is 12.8 Å². The van der Waals surface area contributed by atoms with Crippen LogP contribution in [0.1, 0.15) is 36.8 Å². The number of nitrogens with zero attached hydrogens (tertiary/aromatic N) is 2. The van der Waals surface area contributed by atoms with Crippen molar-refractivity contribution < 1.29 is 15.1 Å². The summed E-state index contributed by atoms with van der Waals surface area (Å²) in [6, 6.07) is 61.7. The Kier molecular flexibility index (Phi) is 14.8. The van der Waals surface area contributed by atoms with E-state index in [2.05, 4.69) is 182 Å². The fourth-order valence-electron chi connectivity index (χ4n) is 6.55. The standard InChI is InChI=1S/C44H40N2P2.2ClH.Ru/c1-5-21-37(22-6-1)47(38-23-7-2-8-24-38)43-31-17-13-19-35(43)33-45-41-29-15-16-30-42(41)46-34-36-20-14-18-32-44(36)48(39-25-9-3-10-26-39)40-27-11-4-12-28-40;;;/h1-14,17-28,31-34,41-42H,15-16,29-30H2;2*1H;/q;;;+2/p-2/t41-,42-;;;/m1.../s1. The molecule has 1 aliphatic rings. The van der Waals surface area contributed by atoms with Gasteiger partial charge in [0.25, 0.3) is 0 Å². The molecule has 2 nitrogen and oxygen atoms in total. The molecule has 6 aromatic rings. The number of hydrogen-bond acceptors (Lipinski definition) is 2. The number of aliphatic imine (C=N–C) groups is 2. The van der Waals surface area contributed by atoms with Gasteiger partial charge in [-0.05, 0) is 60.5 Å². The van der Waals surface area contributed by atoms with Gasteiger partial charge in [0.05, 0.1) is 12.1 Å². The summed E-state index contributed by atoms with van der Waals surface area (Å²) in [5, 5.41) is 8.09. The Bertz CT molecular complexity index is 1760. The Morgan fingerprint density at radius 2 is 0.706 bits per heavy atom. The maximum absolute atomic E-state index is 5.31. The summed E-state index contributed by atoms with van der Waals surface area (Å²) in [7, 11) is 8.28. The van der Waals surface area contributed by atoms with Crippen LogP contribution in [0.5, 0.6) is 0 Å². The number of benzene rings is 6. The van der Waals surface area contributed by atoms with Crippen molar-refractivity contribution in [3.8, 4) is 0 Å². The molecule has 0 spiro atoms. The summed E-state index contributed by atoms with van der Waals surface area (Å²) in [6.45, 7) is 0. The normalized spacial score (nSPS) is 16.1. The minimum absolute atomic E-state index is 0.166. The molecule has 0 bridgehead atoms. The van der Waals surface area contributed by atoms with Gasteiger partial charge in [-0.1, -0.05) is 183 Å². The molecule has 6 aromatic carbocycles. The van der Waals surface area contributed by atoms with Crippen LogP contribution in [0.3, 0.4) is 0 Å². The molecule has 0 aliphatic heterocycles. The van der Waals surface area contributed by atoms with Crippen LogP contribution in [0, 0.1) is 0 Å². The molecule has 2 atom stereocenters. The van der Waals surface area contributed by atoms with E-state index < -0.39 is 15.8 Å². The van der Waals surface area contributed by atoms with Crippen molar-refractivity contribution in [2.75, 3.05) is 0 Å². The van der Waals surface area contributed by atoms with Crippen LogP contribution < -0.4 is 31.8 Å². The average molecular weight is 831 g/mol. The topological polar surface area (TPSA) is 24.7 Å². The van der Waals surface area contributed by atoms with Gasteiger partial charge in [-0.25, -0.2) is 0 Å². The van der Waals surface area contributed by atoms with Gasteiger partial charge in [0.15, 0.2) is 0 Å². The Morgan fingerprint density at radius 1 is 0.431 bits per heavy atom. The third-order valence-electron chi connectivity index (χ3n) is 8.92. The molecule has 0 N–H and O–H groups in total. The fraction of sp³-hybridized carbons (Fsp3) is 0.136. The van der Waals surface area contributed by atoms with Crippen molar-refractivity contribution in [2.24, 2.45) is 9.98 Å². The van der Waals surface area contributed by atoms with Gasteiger partial charge in [-0.15, -0.1) is 0 Å². The van der Waals surface area contributed by atoms with Crippen molar-refractivity contribution in [3.05, 3.63) is 181 Å². The van der Waals surface area contributed by atoms with Crippen LogP contribution in [0.4, 0.5) is 0 Å². The van der Waals surface area contributed by atoms with Crippen molar-refractivity contribution in [1.29, 1.82) is 0 Å². The van der Waals surface area contributed by atoms with E-state index in [4.69, 9.17) is 29.4 Å². The number of hydrogen-bond donors (Lipinski definition) is 0. The molecular weight excluding hydrogens is 790 g/mol. The van der Waals surface area contributed by atoms with E-state index >= 15 is 0 Å². The quantitative estimate of drug-likeness (QED) is 0.0748. The summed E-state index contributed by atoms with van der Waals surface area (Å²) in [6.07, 6.45) is 8.81. The van der Waals surface area contributed by atoms with Crippen LogP contribution in [0.25, 0.3) is 0 Å². The SMILES string of the molecule is C(=N[C@@H]1CCCC[C@H]1N=Cc1ccccc1P(c1ccccc1)c1ccccc1)c1ccccc1P(c1ccccc1)c1ccccc1.[Cl][Ru][Cl].